The summed E-state index contributed by atoms with van der Waals surface area (Å²) in [6.45, 7) is 1.69. The van der Waals surface area contributed by atoms with Crippen LogP contribution in [0.15, 0.2) is 41.8 Å². The Bertz CT molecular complexity index is 924. The number of aryl methyl sites for hydroxylation is 1. The number of carboxylic acids is 1. The molecule has 2 aromatic carbocycles. The maximum atomic E-state index is 13.3. The number of aromatic nitrogens is 1. The summed E-state index contributed by atoms with van der Waals surface area (Å²) >= 11 is 1.34. The lowest BCUT2D eigenvalue weighted by Gasteiger charge is -2.05. The normalized spacial score (nSPS) is 10.6. The van der Waals surface area contributed by atoms with Crippen molar-refractivity contribution in [1.29, 1.82) is 0 Å². The Morgan fingerprint density at radius 3 is 2.75 bits per heavy atom. The fourth-order valence-corrected chi connectivity index (χ4v) is 2.92. The van der Waals surface area contributed by atoms with Crippen molar-refractivity contribution in [2.45, 2.75) is 6.92 Å². The molecule has 0 atom stereocenters. The summed E-state index contributed by atoms with van der Waals surface area (Å²) in [6, 6.07) is 8.98. The van der Waals surface area contributed by atoms with Crippen LogP contribution in [0.2, 0.25) is 0 Å². The van der Waals surface area contributed by atoms with Crippen molar-refractivity contribution in [2.75, 3.05) is 5.32 Å². The van der Waals surface area contributed by atoms with E-state index in [1.165, 1.54) is 29.5 Å². The van der Waals surface area contributed by atoms with Crippen molar-refractivity contribution < 1.29 is 19.4 Å². The van der Waals surface area contributed by atoms with Crippen LogP contribution < -0.4 is 5.32 Å². The fourth-order valence-electron chi connectivity index (χ4n) is 2.18. The van der Waals surface area contributed by atoms with E-state index in [-0.39, 0.29) is 17.1 Å². The van der Waals surface area contributed by atoms with Crippen LogP contribution in [0.25, 0.3) is 11.3 Å². The number of nitrogens with one attached hydrogen (secondary N) is 1. The molecule has 122 valence electrons. The van der Waals surface area contributed by atoms with Gasteiger partial charge < -0.3 is 15.5 Å². The molecular weight excluding hydrogens is 331 g/mol. The molecule has 0 aliphatic carbocycles. The van der Waals surface area contributed by atoms with Crippen LogP contribution in [0.5, 0.6) is 5.75 Å². The summed E-state index contributed by atoms with van der Waals surface area (Å²) in [5, 5.41) is 23.9. The highest BCUT2D eigenvalue weighted by molar-refractivity contribution is 7.14. The van der Waals surface area contributed by atoms with Crippen molar-refractivity contribution in [3.8, 4) is 17.0 Å². The Balaban J connectivity index is 1.85. The first-order valence-electron chi connectivity index (χ1n) is 6.99. The highest BCUT2D eigenvalue weighted by atomic mass is 32.1. The zero-order valence-electron chi connectivity index (χ0n) is 12.6. The number of aromatic carboxylic acids is 1. The van der Waals surface area contributed by atoms with Crippen molar-refractivity contribution >= 4 is 28.1 Å². The van der Waals surface area contributed by atoms with Gasteiger partial charge in [0.25, 0.3) is 0 Å². The second-order valence-corrected chi connectivity index (χ2v) is 6.02. The molecule has 0 saturated heterocycles. The number of benzene rings is 2. The first-order chi connectivity index (χ1) is 11.4. The number of carbonyl (C=O) groups is 1. The molecule has 7 heteroatoms. The second kappa shape index (κ2) is 6.29. The molecule has 0 radical (unpaired) electrons. The van der Waals surface area contributed by atoms with E-state index in [0.717, 1.165) is 5.56 Å². The van der Waals surface area contributed by atoms with E-state index < -0.39 is 5.97 Å². The van der Waals surface area contributed by atoms with Gasteiger partial charge in [0.05, 0.1) is 5.69 Å². The number of phenols is 1. The molecular formula is C17H13FN2O3S. The number of carboxylic acid groups (broad SMARTS) is 1. The lowest BCUT2D eigenvalue weighted by molar-refractivity contribution is 0.0694. The molecule has 3 rings (SSSR count). The summed E-state index contributed by atoms with van der Waals surface area (Å²) < 4.78 is 13.3. The quantitative estimate of drug-likeness (QED) is 0.611. The number of hydrogen-bond donors (Lipinski definition) is 3. The third-order valence-electron chi connectivity index (χ3n) is 3.44. The maximum Gasteiger partial charge on any atom is 0.339 e. The highest BCUT2D eigenvalue weighted by Gasteiger charge is 2.11. The van der Waals surface area contributed by atoms with E-state index >= 15 is 0 Å². The number of hydrogen-bond acceptors (Lipinski definition) is 5. The van der Waals surface area contributed by atoms with Crippen molar-refractivity contribution in [3.05, 3.63) is 58.7 Å². The third-order valence-corrected chi connectivity index (χ3v) is 4.19. The third kappa shape index (κ3) is 3.21. The van der Waals surface area contributed by atoms with Gasteiger partial charge in [-0.1, -0.05) is 0 Å². The molecule has 0 fully saturated rings. The largest absolute Gasteiger partial charge is 0.507 e. The van der Waals surface area contributed by atoms with E-state index in [2.05, 4.69) is 10.3 Å². The summed E-state index contributed by atoms with van der Waals surface area (Å²) in [7, 11) is 0. The molecule has 0 aliphatic rings. The standard InChI is InChI=1S/C17H13FN2O3S/c1-9-6-10(2-4-13(9)18)14-8-24-17(20-14)19-11-3-5-15(21)12(7-11)16(22)23/h2-8,21H,1H3,(H,19,20)(H,22,23). The maximum absolute atomic E-state index is 13.3. The van der Waals surface area contributed by atoms with E-state index in [1.807, 2.05) is 5.38 Å². The zero-order valence-corrected chi connectivity index (χ0v) is 13.4. The van der Waals surface area contributed by atoms with Crippen LogP contribution in [-0.2, 0) is 0 Å². The minimum absolute atomic E-state index is 0.189. The first kappa shape index (κ1) is 15.9. The second-order valence-electron chi connectivity index (χ2n) is 5.16. The number of rotatable bonds is 4. The lowest BCUT2D eigenvalue weighted by Crippen LogP contribution is -1.98. The van der Waals surface area contributed by atoms with E-state index in [0.29, 0.717) is 22.1 Å². The fraction of sp³-hybridized carbons (Fsp3) is 0.0588. The Hall–Kier alpha value is -2.93. The van der Waals surface area contributed by atoms with Crippen LogP contribution in [0.4, 0.5) is 15.2 Å². The van der Waals surface area contributed by atoms with E-state index in [9.17, 15) is 14.3 Å². The molecule has 1 heterocycles. The van der Waals surface area contributed by atoms with Gasteiger partial charge >= 0.3 is 5.97 Å². The van der Waals surface area contributed by atoms with E-state index in [1.54, 1.807) is 25.1 Å². The van der Waals surface area contributed by atoms with Gasteiger partial charge in [-0.3, -0.25) is 0 Å². The predicted molar refractivity (Wildman–Crippen MR) is 90.6 cm³/mol. The molecule has 0 spiro atoms. The van der Waals surface area contributed by atoms with Gasteiger partial charge in [-0.25, -0.2) is 14.2 Å². The van der Waals surface area contributed by atoms with Gasteiger partial charge in [-0.15, -0.1) is 11.3 Å². The van der Waals surface area contributed by atoms with Crippen molar-refractivity contribution in [3.63, 3.8) is 0 Å². The summed E-state index contributed by atoms with van der Waals surface area (Å²) in [4.78, 5) is 15.5. The molecule has 0 aliphatic heterocycles. The average Bonchev–Trinajstić information content (AvgIpc) is 3.00. The van der Waals surface area contributed by atoms with Crippen LogP contribution in [0, 0.1) is 12.7 Å². The number of nitrogens with zero attached hydrogens (tertiary/aromatic N) is 1. The summed E-state index contributed by atoms with van der Waals surface area (Å²) in [6.07, 6.45) is 0. The number of anilines is 2. The first-order valence-corrected chi connectivity index (χ1v) is 7.87. The summed E-state index contributed by atoms with van der Waals surface area (Å²) in [5.74, 6) is -1.77. The van der Waals surface area contributed by atoms with Crippen molar-refractivity contribution in [2.24, 2.45) is 0 Å². The van der Waals surface area contributed by atoms with Gasteiger partial charge in [-0.05, 0) is 48.9 Å². The average molecular weight is 344 g/mol. The SMILES string of the molecule is Cc1cc(-c2csc(Nc3ccc(O)c(C(=O)O)c3)n2)ccc1F. The van der Waals surface area contributed by atoms with Gasteiger partial charge in [-0.2, -0.15) is 0 Å². The Morgan fingerprint density at radius 2 is 2.04 bits per heavy atom. The van der Waals surface area contributed by atoms with Crippen molar-refractivity contribution in [1.82, 2.24) is 4.98 Å². The Morgan fingerprint density at radius 1 is 1.25 bits per heavy atom. The number of halogens is 1. The molecule has 0 saturated carbocycles. The smallest absolute Gasteiger partial charge is 0.339 e. The predicted octanol–water partition coefficient (Wildman–Crippen LogP) is 4.41. The Kier molecular flexibility index (Phi) is 4.18. The minimum Gasteiger partial charge on any atom is -0.507 e. The van der Waals surface area contributed by atoms with Gasteiger partial charge in [0, 0.05) is 16.6 Å². The number of aromatic hydroxyl groups is 1. The van der Waals surface area contributed by atoms with Crippen LogP contribution >= 0.6 is 11.3 Å². The van der Waals surface area contributed by atoms with Gasteiger partial charge in [0.15, 0.2) is 5.13 Å². The molecule has 0 amide bonds. The molecule has 0 bridgehead atoms. The van der Waals surface area contributed by atoms with Crippen LogP contribution in [0.3, 0.4) is 0 Å². The minimum atomic E-state index is -1.21. The van der Waals surface area contributed by atoms with E-state index in [4.69, 9.17) is 5.11 Å². The number of thiazole rings is 1. The lowest BCUT2D eigenvalue weighted by atomic mass is 10.1. The van der Waals surface area contributed by atoms with Gasteiger partial charge in [0.1, 0.15) is 17.1 Å². The Labute approximate surface area is 141 Å². The molecule has 3 aromatic rings. The highest BCUT2D eigenvalue weighted by Crippen LogP contribution is 2.29. The van der Waals surface area contributed by atoms with Crippen LogP contribution in [-0.4, -0.2) is 21.2 Å². The molecule has 0 unspecified atom stereocenters. The van der Waals surface area contributed by atoms with Crippen LogP contribution in [0.1, 0.15) is 15.9 Å². The van der Waals surface area contributed by atoms with Gasteiger partial charge in [0.2, 0.25) is 0 Å². The molecule has 3 N–H and O–H groups in total. The molecule has 5 nitrogen and oxygen atoms in total. The molecule has 24 heavy (non-hydrogen) atoms. The molecule has 1 aromatic heterocycles. The topological polar surface area (TPSA) is 82.5 Å². The summed E-state index contributed by atoms with van der Waals surface area (Å²) in [5.41, 5.74) is 2.35. The zero-order chi connectivity index (χ0) is 17.3. The monoisotopic (exact) mass is 344 g/mol.